The van der Waals surface area contributed by atoms with Crippen LogP contribution in [0.3, 0.4) is 0 Å². The van der Waals surface area contributed by atoms with Gasteiger partial charge in [-0.25, -0.2) is 9.37 Å². The molecule has 1 aromatic heterocycles. The third-order valence-corrected chi connectivity index (χ3v) is 3.09. The monoisotopic (exact) mass is 253 g/mol. The van der Waals surface area contributed by atoms with E-state index in [0.29, 0.717) is 25.6 Å². The fourth-order valence-electron chi connectivity index (χ4n) is 2.18. The van der Waals surface area contributed by atoms with Crippen molar-refractivity contribution in [1.29, 1.82) is 0 Å². The predicted molar refractivity (Wildman–Crippen MR) is 64.5 cm³/mol. The molecule has 1 aromatic rings. The van der Waals surface area contributed by atoms with Gasteiger partial charge in [0, 0.05) is 26.1 Å². The summed E-state index contributed by atoms with van der Waals surface area (Å²) in [6.45, 7) is 1.88. The average Bonchev–Trinajstić information content (AvgIpc) is 2.80. The number of amides is 1. The van der Waals surface area contributed by atoms with Crippen LogP contribution in [0.2, 0.25) is 0 Å². The van der Waals surface area contributed by atoms with Crippen molar-refractivity contribution < 1.29 is 13.9 Å². The van der Waals surface area contributed by atoms with Crippen molar-refractivity contribution in [2.45, 2.75) is 6.42 Å². The van der Waals surface area contributed by atoms with Crippen molar-refractivity contribution >= 4 is 11.7 Å². The number of nitrogens with two attached hydrogens (primary N) is 1. The lowest BCUT2D eigenvalue weighted by molar-refractivity contribution is 0.0775. The van der Waals surface area contributed by atoms with Gasteiger partial charge in [-0.2, -0.15) is 0 Å². The van der Waals surface area contributed by atoms with Crippen LogP contribution in [0.4, 0.5) is 10.2 Å². The van der Waals surface area contributed by atoms with E-state index in [9.17, 15) is 9.18 Å². The highest BCUT2D eigenvalue weighted by atomic mass is 19.1. The number of rotatable bonds is 3. The molecule has 1 aliphatic rings. The molecule has 2 N–H and O–H groups in total. The number of aromatic nitrogens is 1. The SMILES string of the molecule is COCC1CCN(C(=O)c2cc(F)cnc2N)C1. The first kappa shape index (κ1) is 12.8. The Balaban J connectivity index is 2.10. The van der Waals surface area contributed by atoms with Crippen molar-refractivity contribution in [2.75, 3.05) is 32.5 Å². The standard InChI is InChI=1S/C12H16FN3O2/c1-18-7-8-2-3-16(6-8)12(17)10-4-9(13)5-15-11(10)14/h4-5,8H,2-3,6-7H2,1H3,(H2,14,15). The Labute approximate surface area is 105 Å². The zero-order valence-corrected chi connectivity index (χ0v) is 10.2. The Morgan fingerprint density at radius 2 is 2.50 bits per heavy atom. The second-order valence-corrected chi connectivity index (χ2v) is 4.45. The predicted octanol–water partition coefficient (Wildman–Crippen LogP) is 0.911. The molecule has 6 heteroatoms. The second kappa shape index (κ2) is 5.30. The topological polar surface area (TPSA) is 68.5 Å². The van der Waals surface area contributed by atoms with Gasteiger partial charge in [-0.1, -0.05) is 0 Å². The number of likely N-dealkylation sites (tertiary alicyclic amines) is 1. The van der Waals surface area contributed by atoms with Crippen LogP contribution in [0.5, 0.6) is 0 Å². The normalized spacial score (nSPS) is 19.2. The molecular weight excluding hydrogens is 237 g/mol. The van der Waals surface area contributed by atoms with Crippen molar-refractivity contribution in [2.24, 2.45) is 5.92 Å². The largest absolute Gasteiger partial charge is 0.384 e. The molecule has 5 nitrogen and oxygen atoms in total. The van der Waals surface area contributed by atoms with E-state index in [1.54, 1.807) is 12.0 Å². The molecule has 2 rings (SSSR count). The van der Waals surface area contributed by atoms with Crippen LogP contribution < -0.4 is 5.73 Å². The molecule has 0 aromatic carbocycles. The van der Waals surface area contributed by atoms with Gasteiger partial charge in [0.1, 0.15) is 11.6 Å². The molecule has 1 amide bonds. The number of halogens is 1. The number of methoxy groups -OCH3 is 1. The Kier molecular flexibility index (Phi) is 3.76. The summed E-state index contributed by atoms with van der Waals surface area (Å²) < 4.78 is 18.2. The maximum absolute atomic E-state index is 13.1. The van der Waals surface area contributed by atoms with Gasteiger partial charge in [-0.05, 0) is 12.5 Å². The first-order chi connectivity index (χ1) is 8.61. The summed E-state index contributed by atoms with van der Waals surface area (Å²) in [7, 11) is 1.64. The summed E-state index contributed by atoms with van der Waals surface area (Å²) in [5.41, 5.74) is 5.73. The lowest BCUT2D eigenvalue weighted by Crippen LogP contribution is -2.30. The molecule has 1 saturated heterocycles. The molecule has 1 fully saturated rings. The maximum atomic E-state index is 13.1. The molecule has 0 bridgehead atoms. The number of anilines is 1. The minimum absolute atomic E-state index is 0.0663. The Morgan fingerprint density at radius 1 is 1.72 bits per heavy atom. The molecule has 1 atom stereocenters. The van der Waals surface area contributed by atoms with Crippen LogP contribution in [-0.2, 0) is 4.74 Å². The first-order valence-corrected chi connectivity index (χ1v) is 5.81. The molecule has 1 aliphatic heterocycles. The highest BCUT2D eigenvalue weighted by Gasteiger charge is 2.28. The van der Waals surface area contributed by atoms with Gasteiger partial charge in [0.05, 0.1) is 18.4 Å². The van der Waals surface area contributed by atoms with Gasteiger partial charge in [0.15, 0.2) is 0 Å². The summed E-state index contributed by atoms with van der Waals surface area (Å²) in [6.07, 6.45) is 1.89. The Bertz CT molecular complexity index is 453. The van der Waals surface area contributed by atoms with E-state index in [2.05, 4.69) is 4.98 Å². The zero-order valence-electron chi connectivity index (χ0n) is 10.2. The summed E-state index contributed by atoms with van der Waals surface area (Å²) in [5.74, 6) is -0.420. The molecule has 1 unspecified atom stereocenters. The summed E-state index contributed by atoms with van der Waals surface area (Å²) in [4.78, 5) is 17.5. The average molecular weight is 253 g/mol. The van der Waals surface area contributed by atoms with E-state index in [1.165, 1.54) is 0 Å². The number of hydrogen-bond acceptors (Lipinski definition) is 4. The fraction of sp³-hybridized carbons (Fsp3) is 0.500. The number of hydrogen-bond donors (Lipinski definition) is 1. The molecule has 0 spiro atoms. The summed E-state index contributed by atoms with van der Waals surface area (Å²) in [5, 5.41) is 0. The van der Waals surface area contributed by atoms with Gasteiger partial charge in [0.2, 0.25) is 0 Å². The highest BCUT2D eigenvalue weighted by Crippen LogP contribution is 2.21. The van der Waals surface area contributed by atoms with Gasteiger partial charge in [-0.15, -0.1) is 0 Å². The van der Waals surface area contributed by atoms with Gasteiger partial charge >= 0.3 is 0 Å². The second-order valence-electron chi connectivity index (χ2n) is 4.45. The van der Waals surface area contributed by atoms with Gasteiger partial charge in [0.25, 0.3) is 5.91 Å². The molecule has 0 aliphatic carbocycles. The Morgan fingerprint density at radius 3 is 3.22 bits per heavy atom. The van der Waals surface area contributed by atoms with Crippen LogP contribution in [0.15, 0.2) is 12.3 Å². The van der Waals surface area contributed by atoms with E-state index >= 15 is 0 Å². The van der Waals surface area contributed by atoms with E-state index in [0.717, 1.165) is 18.7 Å². The molecule has 18 heavy (non-hydrogen) atoms. The third kappa shape index (κ3) is 2.59. The van der Waals surface area contributed by atoms with Crippen LogP contribution >= 0.6 is 0 Å². The summed E-state index contributed by atoms with van der Waals surface area (Å²) in [6, 6.07) is 1.13. The zero-order chi connectivity index (χ0) is 13.1. The van der Waals surface area contributed by atoms with Crippen molar-refractivity contribution in [1.82, 2.24) is 9.88 Å². The summed E-state index contributed by atoms with van der Waals surface area (Å²) >= 11 is 0. The number of carbonyl (C=O) groups is 1. The van der Waals surface area contributed by atoms with E-state index in [-0.39, 0.29) is 17.3 Å². The molecule has 0 saturated carbocycles. The molecule has 98 valence electrons. The number of nitrogen functional groups attached to an aromatic ring is 1. The maximum Gasteiger partial charge on any atom is 0.257 e. The number of ether oxygens (including phenoxy) is 1. The number of nitrogens with zero attached hydrogens (tertiary/aromatic N) is 2. The third-order valence-electron chi connectivity index (χ3n) is 3.09. The quantitative estimate of drug-likeness (QED) is 0.869. The van der Waals surface area contributed by atoms with Crippen molar-refractivity contribution in [3.63, 3.8) is 0 Å². The van der Waals surface area contributed by atoms with Crippen LogP contribution in [0.25, 0.3) is 0 Å². The van der Waals surface area contributed by atoms with E-state index in [1.807, 2.05) is 0 Å². The smallest absolute Gasteiger partial charge is 0.257 e. The van der Waals surface area contributed by atoms with Crippen LogP contribution in [0, 0.1) is 11.7 Å². The van der Waals surface area contributed by atoms with E-state index in [4.69, 9.17) is 10.5 Å². The minimum atomic E-state index is -0.555. The first-order valence-electron chi connectivity index (χ1n) is 5.81. The minimum Gasteiger partial charge on any atom is -0.384 e. The lowest BCUT2D eigenvalue weighted by atomic mass is 10.1. The van der Waals surface area contributed by atoms with Crippen LogP contribution in [0.1, 0.15) is 16.8 Å². The van der Waals surface area contributed by atoms with Crippen LogP contribution in [-0.4, -0.2) is 42.6 Å². The van der Waals surface area contributed by atoms with Gasteiger partial charge < -0.3 is 15.4 Å². The van der Waals surface area contributed by atoms with Crippen molar-refractivity contribution in [3.05, 3.63) is 23.6 Å². The fourth-order valence-corrected chi connectivity index (χ4v) is 2.18. The Hall–Kier alpha value is -1.69. The highest BCUT2D eigenvalue weighted by molar-refractivity contribution is 5.98. The molecule has 0 radical (unpaired) electrons. The number of carbonyl (C=O) groups excluding carboxylic acids is 1. The molecular formula is C12H16FN3O2. The van der Waals surface area contributed by atoms with Crippen molar-refractivity contribution in [3.8, 4) is 0 Å². The molecule has 2 heterocycles. The lowest BCUT2D eigenvalue weighted by Gasteiger charge is -2.17. The number of pyridine rings is 1. The van der Waals surface area contributed by atoms with E-state index < -0.39 is 5.82 Å². The van der Waals surface area contributed by atoms with Gasteiger partial charge in [-0.3, -0.25) is 4.79 Å².